The lowest BCUT2D eigenvalue weighted by Gasteiger charge is -2.32. The van der Waals surface area contributed by atoms with Gasteiger partial charge in [-0.15, -0.1) is 0 Å². The van der Waals surface area contributed by atoms with Crippen LogP contribution >= 0.6 is 0 Å². The lowest BCUT2D eigenvalue weighted by molar-refractivity contribution is 0.288. The molecule has 0 spiro atoms. The van der Waals surface area contributed by atoms with Crippen LogP contribution in [0.2, 0.25) is 0 Å². The summed E-state index contributed by atoms with van der Waals surface area (Å²) in [4.78, 5) is 4.19. The van der Waals surface area contributed by atoms with Crippen LogP contribution in [0.1, 0.15) is 0 Å². The SMILES string of the molecule is [B]N1CCN([B]c2ccccc2)CC1. The largest absolute Gasteiger partial charge is 0.351 e. The van der Waals surface area contributed by atoms with Gasteiger partial charge in [-0.1, -0.05) is 35.8 Å². The van der Waals surface area contributed by atoms with Crippen molar-refractivity contribution in [1.82, 2.24) is 9.62 Å². The minimum Gasteiger partial charge on any atom is -0.351 e. The number of piperazine rings is 1. The molecule has 0 aromatic heterocycles. The molecule has 0 amide bonds. The van der Waals surface area contributed by atoms with Gasteiger partial charge < -0.3 is 9.62 Å². The van der Waals surface area contributed by atoms with E-state index in [0.717, 1.165) is 26.2 Å². The van der Waals surface area contributed by atoms with Crippen LogP contribution in [0.25, 0.3) is 0 Å². The van der Waals surface area contributed by atoms with Gasteiger partial charge >= 0.3 is 0 Å². The van der Waals surface area contributed by atoms with Gasteiger partial charge in [0.2, 0.25) is 7.41 Å². The molecule has 0 N–H and O–H groups in total. The standard InChI is InChI=1S/C10H13B2N2/c11-13-6-8-14(9-7-13)12-10-4-2-1-3-5-10/h1-5H,6-9H2. The summed E-state index contributed by atoms with van der Waals surface area (Å²) in [5.41, 5.74) is 1.26. The molecule has 4 heteroatoms. The molecule has 14 heavy (non-hydrogen) atoms. The monoisotopic (exact) mass is 183 g/mol. The molecule has 1 aliphatic rings. The second kappa shape index (κ2) is 4.67. The van der Waals surface area contributed by atoms with Crippen LogP contribution < -0.4 is 5.46 Å². The molecule has 1 saturated heterocycles. The summed E-state index contributed by atoms with van der Waals surface area (Å²) in [5, 5.41) is 0. The van der Waals surface area contributed by atoms with Gasteiger partial charge in [-0.2, -0.15) is 0 Å². The summed E-state index contributed by atoms with van der Waals surface area (Å²) in [7, 11) is 7.88. The molecule has 1 fully saturated rings. The highest BCUT2D eigenvalue weighted by atomic mass is 15.2. The normalized spacial score (nSPS) is 19.4. The van der Waals surface area contributed by atoms with Crippen LogP contribution in [0.4, 0.5) is 0 Å². The van der Waals surface area contributed by atoms with Gasteiger partial charge in [0.25, 0.3) is 0 Å². The van der Waals surface area contributed by atoms with E-state index in [1.807, 2.05) is 10.9 Å². The molecule has 2 nitrogen and oxygen atoms in total. The molecular weight excluding hydrogens is 170 g/mol. The summed E-state index contributed by atoms with van der Waals surface area (Å²) >= 11 is 0. The maximum Gasteiger partial charge on any atom is 0.247 e. The highest BCUT2D eigenvalue weighted by Gasteiger charge is 2.14. The second-order valence-electron chi connectivity index (χ2n) is 3.61. The van der Waals surface area contributed by atoms with Gasteiger partial charge in [0.1, 0.15) is 0 Å². The van der Waals surface area contributed by atoms with Crippen LogP contribution in [-0.2, 0) is 0 Å². The Bertz CT molecular complexity index is 271. The number of benzene rings is 1. The fourth-order valence-electron chi connectivity index (χ4n) is 1.62. The van der Waals surface area contributed by atoms with E-state index < -0.39 is 0 Å². The van der Waals surface area contributed by atoms with E-state index in [1.54, 1.807) is 0 Å². The van der Waals surface area contributed by atoms with E-state index >= 15 is 0 Å². The van der Waals surface area contributed by atoms with Crippen molar-refractivity contribution in [3.63, 3.8) is 0 Å². The summed E-state index contributed by atoms with van der Waals surface area (Å²) in [6, 6.07) is 10.4. The summed E-state index contributed by atoms with van der Waals surface area (Å²) in [6.45, 7) is 3.93. The van der Waals surface area contributed by atoms with Gasteiger partial charge in [-0.05, 0) is 26.2 Å². The molecule has 1 aromatic carbocycles. The first-order chi connectivity index (χ1) is 6.84. The fourth-order valence-corrected chi connectivity index (χ4v) is 1.62. The topological polar surface area (TPSA) is 6.48 Å². The highest BCUT2D eigenvalue weighted by Crippen LogP contribution is 1.96. The molecule has 3 radical (unpaired) electrons. The fraction of sp³-hybridized carbons (Fsp3) is 0.400. The Morgan fingerprint density at radius 1 is 1.00 bits per heavy atom. The smallest absolute Gasteiger partial charge is 0.247 e. The highest BCUT2D eigenvalue weighted by molar-refractivity contribution is 6.50. The molecule has 0 atom stereocenters. The van der Waals surface area contributed by atoms with E-state index in [9.17, 15) is 0 Å². The Labute approximate surface area is 87.6 Å². The molecule has 0 unspecified atom stereocenters. The van der Waals surface area contributed by atoms with E-state index in [0.29, 0.717) is 0 Å². The summed E-state index contributed by atoms with van der Waals surface area (Å²) < 4.78 is 0. The van der Waals surface area contributed by atoms with Crippen LogP contribution in [0.5, 0.6) is 0 Å². The molecule has 69 valence electrons. The Hall–Kier alpha value is -0.730. The summed E-state index contributed by atoms with van der Waals surface area (Å²) in [5.74, 6) is 0. The van der Waals surface area contributed by atoms with Crippen molar-refractivity contribution >= 4 is 20.9 Å². The molecule has 1 heterocycles. The quantitative estimate of drug-likeness (QED) is 0.577. The van der Waals surface area contributed by atoms with E-state index in [4.69, 9.17) is 7.98 Å². The van der Waals surface area contributed by atoms with E-state index in [-0.39, 0.29) is 0 Å². The van der Waals surface area contributed by atoms with Gasteiger partial charge in [0, 0.05) is 0 Å². The molecule has 0 aliphatic carbocycles. The molecule has 0 saturated carbocycles. The van der Waals surface area contributed by atoms with Crippen LogP contribution in [0.3, 0.4) is 0 Å². The third-order valence-electron chi connectivity index (χ3n) is 2.48. The third-order valence-corrected chi connectivity index (χ3v) is 2.48. The third kappa shape index (κ3) is 2.63. The van der Waals surface area contributed by atoms with Gasteiger partial charge in [0.15, 0.2) is 7.98 Å². The van der Waals surface area contributed by atoms with E-state index in [1.165, 1.54) is 5.46 Å². The van der Waals surface area contributed by atoms with Crippen molar-refractivity contribution in [1.29, 1.82) is 0 Å². The second-order valence-corrected chi connectivity index (χ2v) is 3.61. The Morgan fingerprint density at radius 2 is 1.64 bits per heavy atom. The number of hydrogen-bond acceptors (Lipinski definition) is 2. The number of hydrogen-bond donors (Lipinski definition) is 0. The van der Waals surface area contributed by atoms with Crippen molar-refractivity contribution in [2.45, 2.75) is 0 Å². The van der Waals surface area contributed by atoms with E-state index in [2.05, 4.69) is 36.5 Å². The maximum atomic E-state index is 5.68. The first-order valence-corrected chi connectivity index (χ1v) is 4.98. The van der Waals surface area contributed by atoms with Crippen LogP contribution in [-0.4, -0.2) is 51.2 Å². The minimum absolute atomic E-state index is 0.948. The molecule has 0 bridgehead atoms. The Balaban J connectivity index is 1.87. The molecule has 1 aromatic rings. The van der Waals surface area contributed by atoms with Crippen molar-refractivity contribution in [3.05, 3.63) is 30.3 Å². The van der Waals surface area contributed by atoms with Crippen LogP contribution in [0.15, 0.2) is 30.3 Å². The van der Waals surface area contributed by atoms with Crippen molar-refractivity contribution < 1.29 is 0 Å². The minimum atomic E-state index is 0.948. The Kier molecular flexibility index (Phi) is 3.27. The van der Waals surface area contributed by atoms with Crippen molar-refractivity contribution in [2.24, 2.45) is 0 Å². The number of nitrogens with zero attached hydrogens (tertiary/aromatic N) is 2. The molecule has 2 rings (SSSR count). The van der Waals surface area contributed by atoms with Gasteiger partial charge in [0.05, 0.1) is 0 Å². The zero-order valence-corrected chi connectivity index (χ0v) is 8.26. The summed E-state index contributed by atoms with van der Waals surface area (Å²) in [6.07, 6.45) is 0. The zero-order valence-electron chi connectivity index (χ0n) is 8.26. The predicted octanol–water partition coefficient (Wildman–Crippen LogP) is -0.368. The van der Waals surface area contributed by atoms with Gasteiger partial charge in [-0.25, -0.2) is 0 Å². The zero-order chi connectivity index (χ0) is 9.80. The lowest BCUT2D eigenvalue weighted by Crippen LogP contribution is -2.49. The average Bonchev–Trinajstić information content (AvgIpc) is 2.23. The molecular formula is C10H13B2N2. The lowest BCUT2D eigenvalue weighted by atomic mass is 9.80. The maximum absolute atomic E-state index is 5.68. The Morgan fingerprint density at radius 3 is 2.29 bits per heavy atom. The van der Waals surface area contributed by atoms with Gasteiger partial charge in [-0.3, -0.25) is 0 Å². The first kappa shape index (κ1) is 9.81. The van der Waals surface area contributed by atoms with Crippen molar-refractivity contribution in [2.75, 3.05) is 26.2 Å². The molecule has 1 aliphatic heterocycles. The first-order valence-electron chi connectivity index (χ1n) is 4.98. The number of rotatable bonds is 2. The van der Waals surface area contributed by atoms with Crippen LogP contribution in [0, 0.1) is 0 Å². The predicted molar refractivity (Wildman–Crippen MR) is 60.7 cm³/mol. The average molecular weight is 183 g/mol. The van der Waals surface area contributed by atoms with Crippen molar-refractivity contribution in [3.8, 4) is 0 Å².